The van der Waals surface area contributed by atoms with Gasteiger partial charge in [0.15, 0.2) is 0 Å². The molecule has 5 heavy (non-hydrogen) atoms. The Morgan fingerprint density at radius 2 is 1.40 bits per heavy atom. The molecular weight excluding hydrogens is 136 g/mol. The van der Waals surface area contributed by atoms with E-state index in [-0.39, 0.29) is 48.3 Å². The summed E-state index contributed by atoms with van der Waals surface area (Å²) in [5.41, 5.74) is 0. The van der Waals surface area contributed by atoms with E-state index in [2.05, 4.69) is 13.8 Å². The van der Waals surface area contributed by atoms with Crippen LogP contribution >= 0.6 is 0 Å². The molecule has 0 aromatic rings. The van der Waals surface area contributed by atoms with Crippen molar-refractivity contribution in [2.75, 3.05) is 0 Å². The maximum atomic E-state index is 2.18. The molecule has 0 fully saturated rings. The van der Waals surface area contributed by atoms with Crippen molar-refractivity contribution in [1.82, 2.24) is 0 Å². The Kier molecular flexibility index (Phi) is 17.6. The van der Waals surface area contributed by atoms with E-state index in [0.717, 1.165) is 0 Å². The van der Waals surface area contributed by atoms with E-state index in [9.17, 15) is 0 Å². The maximum Gasteiger partial charge on any atom is 2.00 e. The van der Waals surface area contributed by atoms with Gasteiger partial charge in [0, 0.05) is 0 Å². The van der Waals surface area contributed by atoms with E-state index in [0.29, 0.717) is 0 Å². The first-order valence-corrected chi connectivity index (χ1v) is 1.91. The van der Waals surface area contributed by atoms with Crippen LogP contribution in [0.25, 0.3) is 0 Å². The number of unbranched alkanes of at least 4 members (excludes halogenated alkanes) is 1. The van der Waals surface area contributed by atoms with Crippen LogP contribution in [0, 0.1) is 0 Å². The molecule has 0 radical (unpaired) electrons. The molecule has 0 rings (SSSR count). The zero-order chi connectivity index (χ0) is 3.41. The summed E-state index contributed by atoms with van der Waals surface area (Å²) in [5, 5.41) is 0. The second-order valence-electron chi connectivity index (χ2n) is 1.000. The van der Waals surface area contributed by atoms with Gasteiger partial charge in [-0.1, -0.05) is 26.7 Å². The van der Waals surface area contributed by atoms with Gasteiger partial charge in [0.2, 0.25) is 0 Å². The first-order valence-electron chi connectivity index (χ1n) is 1.91. The second-order valence-corrected chi connectivity index (χ2v) is 1.000. The molecule has 0 heterocycles. The van der Waals surface area contributed by atoms with Crippen molar-refractivity contribution in [2.45, 2.75) is 26.7 Å². The Hall–Kier alpha value is 1.48. The third-order valence-electron chi connectivity index (χ3n) is 0.500. The summed E-state index contributed by atoms with van der Waals surface area (Å²) in [7, 11) is 0. The number of hydrogen-bond acceptors (Lipinski definition) is 0. The van der Waals surface area contributed by atoms with Crippen LogP contribution in [-0.4, -0.2) is 45.5 Å². The Balaban J connectivity index is -0.0000000150. The Morgan fingerprint density at radius 1 is 1.20 bits per heavy atom. The maximum absolute atomic E-state index is 2.18. The van der Waals surface area contributed by atoms with E-state index < -0.39 is 0 Å². The molecule has 0 saturated heterocycles. The molecule has 1 heteroatoms. The molecule has 0 bridgehead atoms. The van der Waals surface area contributed by atoms with Crippen LogP contribution in [0.5, 0.6) is 0 Å². The van der Waals surface area contributed by atoms with E-state index in [1.165, 1.54) is 12.8 Å². The van der Waals surface area contributed by atoms with Crippen molar-refractivity contribution in [2.24, 2.45) is 0 Å². The van der Waals surface area contributed by atoms with Gasteiger partial charge in [-0.3, -0.25) is 0 Å². The topological polar surface area (TPSA) is 0 Å². The molecule has 0 aromatic carbocycles. The first kappa shape index (κ1) is 9.70. The van der Waals surface area contributed by atoms with Gasteiger partial charge in [0.25, 0.3) is 0 Å². The molecule has 0 aliphatic rings. The van der Waals surface area contributed by atoms with Crippen molar-refractivity contribution >= 4 is 45.5 Å². The minimum Gasteiger partial charge on any atom is -1.00 e. The summed E-state index contributed by atoms with van der Waals surface area (Å²) in [6.07, 6.45) is 2.64. The van der Waals surface area contributed by atoms with Gasteiger partial charge < -0.3 is 2.85 Å². The Morgan fingerprint density at radius 3 is 1.40 bits per heavy atom. The Bertz CT molecular complexity index is 11.7. The van der Waals surface area contributed by atoms with E-state index in [1.807, 2.05) is 0 Å². The van der Waals surface area contributed by atoms with Crippen molar-refractivity contribution in [3.8, 4) is 0 Å². The van der Waals surface area contributed by atoms with Crippen molar-refractivity contribution in [1.29, 1.82) is 0 Å². The van der Waals surface area contributed by atoms with Crippen LogP contribution in [-0.2, 0) is 0 Å². The van der Waals surface area contributed by atoms with Gasteiger partial charge in [-0.15, -0.1) is 0 Å². The molecular formula is C4H12Sr. The minimum absolute atomic E-state index is 0. The van der Waals surface area contributed by atoms with E-state index >= 15 is 0 Å². The first-order chi connectivity index (χ1) is 1.91. The summed E-state index contributed by atoms with van der Waals surface area (Å²) < 4.78 is 0. The molecule has 0 amide bonds. The summed E-state index contributed by atoms with van der Waals surface area (Å²) in [4.78, 5) is 0. The molecule has 0 atom stereocenters. The number of hydrogen-bond donors (Lipinski definition) is 0. The zero-order valence-corrected chi connectivity index (χ0v) is 7.60. The smallest absolute Gasteiger partial charge is 1.00 e. The average Bonchev–Trinajstić information content (AvgIpc) is 1.37. The predicted octanol–water partition coefficient (Wildman–Crippen LogP) is 1.65. The van der Waals surface area contributed by atoms with Gasteiger partial charge in [-0.05, 0) is 0 Å². The van der Waals surface area contributed by atoms with E-state index in [1.54, 1.807) is 0 Å². The van der Waals surface area contributed by atoms with Gasteiger partial charge in [-0.2, -0.15) is 0 Å². The van der Waals surface area contributed by atoms with Gasteiger partial charge in [-0.25, -0.2) is 0 Å². The van der Waals surface area contributed by atoms with Crippen molar-refractivity contribution in [3.63, 3.8) is 0 Å². The van der Waals surface area contributed by atoms with Gasteiger partial charge in [0.05, 0.1) is 0 Å². The SMILES string of the molecule is CCCC.[H-].[H-].[Sr+2]. The largest absolute Gasteiger partial charge is 2.00 e. The third kappa shape index (κ3) is 10.8. The fourth-order valence-corrected chi connectivity index (χ4v) is 0. The standard InChI is InChI=1S/C4H10.Sr.2H/c1-3-4-2;;;/h3-4H2,1-2H3;;;/q;+2;2*-1. The molecule has 30 valence electrons. The molecule has 0 unspecified atom stereocenters. The second kappa shape index (κ2) is 9.08. The molecule has 0 spiro atoms. The molecule has 0 N–H and O–H groups in total. The normalized spacial score (nSPS) is 6.00. The quantitative estimate of drug-likeness (QED) is 0.495. The minimum atomic E-state index is 0. The number of rotatable bonds is 1. The third-order valence-corrected chi connectivity index (χ3v) is 0.500. The van der Waals surface area contributed by atoms with Gasteiger partial charge >= 0.3 is 45.5 Å². The molecule has 0 aliphatic carbocycles. The van der Waals surface area contributed by atoms with Crippen LogP contribution in [0.15, 0.2) is 0 Å². The van der Waals surface area contributed by atoms with Crippen LogP contribution in [0.3, 0.4) is 0 Å². The van der Waals surface area contributed by atoms with Crippen LogP contribution in [0.2, 0.25) is 0 Å². The predicted molar refractivity (Wildman–Crippen MR) is 28.6 cm³/mol. The van der Waals surface area contributed by atoms with Crippen molar-refractivity contribution < 1.29 is 2.85 Å². The molecule has 0 aromatic heterocycles. The zero-order valence-electron chi connectivity index (χ0n) is 6.12. The van der Waals surface area contributed by atoms with Crippen LogP contribution in [0.4, 0.5) is 0 Å². The monoisotopic (exact) mass is 148 g/mol. The molecule has 0 saturated carbocycles. The van der Waals surface area contributed by atoms with Gasteiger partial charge in [0.1, 0.15) is 0 Å². The molecule has 0 aliphatic heterocycles. The van der Waals surface area contributed by atoms with Crippen molar-refractivity contribution in [3.05, 3.63) is 0 Å². The summed E-state index contributed by atoms with van der Waals surface area (Å²) in [5.74, 6) is 0. The van der Waals surface area contributed by atoms with E-state index in [4.69, 9.17) is 0 Å². The Labute approximate surface area is 74.2 Å². The molecule has 0 nitrogen and oxygen atoms in total. The fraction of sp³-hybridized carbons (Fsp3) is 1.00. The summed E-state index contributed by atoms with van der Waals surface area (Å²) >= 11 is 0. The van der Waals surface area contributed by atoms with Crippen LogP contribution in [0.1, 0.15) is 29.5 Å². The van der Waals surface area contributed by atoms with Crippen LogP contribution < -0.4 is 0 Å². The fourth-order valence-electron chi connectivity index (χ4n) is 0. The average molecular weight is 148 g/mol. The summed E-state index contributed by atoms with van der Waals surface area (Å²) in [6, 6.07) is 0. The summed E-state index contributed by atoms with van der Waals surface area (Å²) in [6.45, 7) is 4.36.